The Labute approximate surface area is 179 Å². The molecule has 0 radical (unpaired) electrons. The number of carbonyl (C=O) groups excluding carboxylic acids is 2. The molecule has 0 atom stereocenters. The maximum Gasteiger partial charge on any atom is 0.279 e. The molecule has 0 aliphatic carbocycles. The average Bonchev–Trinajstić information content (AvgIpc) is 3.05. The van der Waals surface area contributed by atoms with E-state index in [-0.39, 0.29) is 11.8 Å². The fraction of sp³-hybridized carbons (Fsp3) is 0.261. The fourth-order valence-corrected chi connectivity index (χ4v) is 4.00. The third-order valence-corrected chi connectivity index (χ3v) is 5.42. The minimum atomic E-state index is -0.318. The van der Waals surface area contributed by atoms with E-state index in [0.29, 0.717) is 29.2 Å². The van der Waals surface area contributed by atoms with E-state index in [2.05, 4.69) is 23.8 Å². The molecule has 1 N–H and O–H groups in total. The summed E-state index contributed by atoms with van der Waals surface area (Å²) in [6.45, 7) is 8.57. The summed E-state index contributed by atoms with van der Waals surface area (Å²) in [7, 11) is 0. The molecule has 0 saturated carbocycles. The number of hydrogen-bond acceptors (Lipinski definition) is 4. The van der Waals surface area contributed by atoms with Crippen molar-refractivity contribution in [2.75, 3.05) is 11.9 Å². The highest BCUT2D eigenvalue weighted by Gasteiger charge is 2.10. The lowest BCUT2D eigenvalue weighted by Gasteiger charge is -2.05. The molecule has 156 valence electrons. The van der Waals surface area contributed by atoms with Crippen LogP contribution in [0.5, 0.6) is 5.75 Å². The zero-order chi connectivity index (χ0) is 21.5. The van der Waals surface area contributed by atoms with Gasteiger partial charge in [-0.15, -0.1) is 6.58 Å². The molecule has 6 nitrogen and oxygen atoms in total. The van der Waals surface area contributed by atoms with Gasteiger partial charge in [-0.05, 0) is 48.9 Å². The molecular weight excluding hydrogens is 398 g/mol. The standard InChI is InChI=1S/C23H25N3O3S/c1-4-6-14-29-19-10-7-17(8-11-19)22(28)25-23-26(13-5-2)20-12-9-18(24-16(3)27)15-21(20)30-23/h5,7-12,15H,2,4,6,13-14H2,1,3H3,(H,24,27). The van der Waals surface area contributed by atoms with Gasteiger partial charge in [-0.1, -0.05) is 30.8 Å². The van der Waals surface area contributed by atoms with Crippen LogP contribution in [0, 0.1) is 0 Å². The Bertz CT molecular complexity index is 1130. The smallest absolute Gasteiger partial charge is 0.279 e. The molecule has 0 fully saturated rings. The zero-order valence-corrected chi connectivity index (χ0v) is 18.0. The predicted molar refractivity (Wildman–Crippen MR) is 121 cm³/mol. The summed E-state index contributed by atoms with van der Waals surface area (Å²) in [6.07, 6.45) is 3.83. The Kier molecular flexibility index (Phi) is 7.19. The number of rotatable bonds is 8. The number of hydrogen-bond donors (Lipinski definition) is 1. The minimum Gasteiger partial charge on any atom is -0.494 e. The first kappa shape index (κ1) is 21.5. The predicted octanol–water partition coefficient (Wildman–Crippen LogP) is 4.77. The van der Waals surface area contributed by atoms with Crippen molar-refractivity contribution in [1.29, 1.82) is 0 Å². The van der Waals surface area contributed by atoms with Crippen LogP contribution >= 0.6 is 11.3 Å². The number of anilines is 1. The largest absolute Gasteiger partial charge is 0.494 e. The van der Waals surface area contributed by atoms with Crippen LogP contribution in [0.15, 0.2) is 60.1 Å². The molecule has 1 heterocycles. The summed E-state index contributed by atoms with van der Waals surface area (Å²) in [6, 6.07) is 12.7. The molecule has 7 heteroatoms. The van der Waals surface area contributed by atoms with Crippen molar-refractivity contribution in [2.24, 2.45) is 4.99 Å². The van der Waals surface area contributed by atoms with E-state index >= 15 is 0 Å². The Morgan fingerprint density at radius 1 is 1.23 bits per heavy atom. The molecule has 0 aliphatic heterocycles. The Balaban J connectivity index is 1.91. The van der Waals surface area contributed by atoms with Gasteiger partial charge >= 0.3 is 0 Å². The van der Waals surface area contributed by atoms with Crippen LogP contribution in [0.25, 0.3) is 10.2 Å². The van der Waals surface area contributed by atoms with E-state index in [4.69, 9.17) is 4.74 Å². The third kappa shape index (κ3) is 5.24. The van der Waals surface area contributed by atoms with Crippen LogP contribution in [0.3, 0.4) is 0 Å². The van der Waals surface area contributed by atoms with Gasteiger partial charge in [-0.2, -0.15) is 4.99 Å². The molecule has 0 saturated heterocycles. The van der Waals surface area contributed by atoms with Crippen LogP contribution in [0.2, 0.25) is 0 Å². The number of nitrogens with one attached hydrogen (secondary N) is 1. The Hall–Kier alpha value is -3.19. The molecule has 0 spiro atoms. The van der Waals surface area contributed by atoms with Crippen molar-refractivity contribution >= 4 is 39.1 Å². The Morgan fingerprint density at radius 2 is 2.00 bits per heavy atom. The first-order valence-corrected chi connectivity index (χ1v) is 10.7. The van der Waals surface area contributed by atoms with Crippen molar-refractivity contribution in [1.82, 2.24) is 4.57 Å². The highest BCUT2D eigenvalue weighted by Crippen LogP contribution is 2.22. The van der Waals surface area contributed by atoms with Crippen molar-refractivity contribution in [2.45, 2.75) is 33.2 Å². The number of amides is 2. The van der Waals surface area contributed by atoms with Crippen LogP contribution < -0.4 is 14.9 Å². The van der Waals surface area contributed by atoms with E-state index < -0.39 is 0 Å². The average molecular weight is 424 g/mol. The maximum absolute atomic E-state index is 12.7. The molecule has 0 bridgehead atoms. The Morgan fingerprint density at radius 3 is 2.67 bits per heavy atom. The van der Waals surface area contributed by atoms with Crippen molar-refractivity contribution in [3.05, 3.63) is 65.5 Å². The second-order valence-electron chi connectivity index (χ2n) is 6.79. The van der Waals surface area contributed by atoms with Crippen molar-refractivity contribution in [3.63, 3.8) is 0 Å². The molecule has 30 heavy (non-hydrogen) atoms. The number of benzene rings is 2. The number of fused-ring (bicyclic) bond motifs is 1. The van der Waals surface area contributed by atoms with E-state index in [1.54, 1.807) is 30.3 Å². The monoisotopic (exact) mass is 423 g/mol. The van der Waals surface area contributed by atoms with Gasteiger partial charge in [0.05, 0.1) is 16.8 Å². The maximum atomic E-state index is 12.7. The fourth-order valence-electron chi connectivity index (χ4n) is 2.92. The van der Waals surface area contributed by atoms with Gasteiger partial charge in [-0.3, -0.25) is 9.59 Å². The van der Waals surface area contributed by atoms with Crippen LogP contribution in [0.4, 0.5) is 5.69 Å². The first-order chi connectivity index (χ1) is 14.5. The van der Waals surface area contributed by atoms with Gasteiger partial charge in [0.1, 0.15) is 5.75 Å². The summed E-state index contributed by atoms with van der Waals surface area (Å²) >= 11 is 1.40. The summed E-state index contributed by atoms with van der Waals surface area (Å²) in [5.74, 6) is 0.294. The summed E-state index contributed by atoms with van der Waals surface area (Å²) in [5, 5.41) is 2.78. The highest BCUT2D eigenvalue weighted by molar-refractivity contribution is 7.16. The first-order valence-electron chi connectivity index (χ1n) is 9.85. The summed E-state index contributed by atoms with van der Waals surface area (Å²) < 4.78 is 8.50. The number of thiazole rings is 1. The van der Waals surface area contributed by atoms with E-state index in [1.807, 2.05) is 22.8 Å². The quantitative estimate of drug-likeness (QED) is 0.419. The second kappa shape index (κ2) is 10.0. The highest BCUT2D eigenvalue weighted by atomic mass is 32.1. The van der Waals surface area contributed by atoms with Gasteiger partial charge in [0.25, 0.3) is 5.91 Å². The number of aromatic nitrogens is 1. The molecule has 3 rings (SSSR count). The lowest BCUT2D eigenvalue weighted by Crippen LogP contribution is -2.16. The number of carbonyl (C=O) groups is 2. The summed E-state index contributed by atoms with van der Waals surface area (Å²) in [5.41, 5.74) is 2.14. The number of ether oxygens (including phenoxy) is 1. The topological polar surface area (TPSA) is 72.7 Å². The van der Waals surface area contributed by atoms with E-state index in [0.717, 1.165) is 28.8 Å². The molecule has 2 amide bonds. The van der Waals surface area contributed by atoms with Gasteiger partial charge in [-0.25, -0.2) is 0 Å². The van der Waals surface area contributed by atoms with Crippen LogP contribution in [-0.4, -0.2) is 23.0 Å². The van der Waals surface area contributed by atoms with E-state index in [9.17, 15) is 9.59 Å². The summed E-state index contributed by atoms with van der Waals surface area (Å²) in [4.78, 5) is 29.0. The lowest BCUT2D eigenvalue weighted by molar-refractivity contribution is -0.114. The van der Waals surface area contributed by atoms with Gasteiger partial charge in [0.2, 0.25) is 5.91 Å². The van der Waals surface area contributed by atoms with Gasteiger partial charge in [0.15, 0.2) is 4.80 Å². The third-order valence-electron chi connectivity index (χ3n) is 4.38. The van der Waals surface area contributed by atoms with Crippen LogP contribution in [-0.2, 0) is 11.3 Å². The molecule has 0 unspecified atom stereocenters. The molecule has 2 aromatic carbocycles. The molecular formula is C23H25N3O3S. The zero-order valence-electron chi connectivity index (χ0n) is 17.2. The molecule has 0 aliphatic rings. The van der Waals surface area contributed by atoms with Gasteiger partial charge in [0, 0.05) is 24.7 Å². The van der Waals surface area contributed by atoms with E-state index in [1.165, 1.54) is 18.3 Å². The minimum absolute atomic E-state index is 0.132. The number of nitrogens with zero attached hydrogens (tertiary/aromatic N) is 2. The number of allylic oxidation sites excluding steroid dienone is 1. The van der Waals surface area contributed by atoms with Crippen LogP contribution in [0.1, 0.15) is 37.0 Å². The molecule has 3 aromatic rings. The molecule has 1 aromatic heterocycles. The normalized spacial score (nSPS) is 11.5. The second-order valence-corrected chi connectivity index (χ2v) is 7.80. The SMILES string of the molecule is C=CCn1c(=NC(=O)c2ccc(OCCCC)cc2)sc2cc(NC(C)=O)ccc21. The van der Waals surface area contributed by atoms with Crippen molar-refractivity contribution < 1.29 is 14.3 Å². The van der Waals surface area contributed by atoms with Crippen molar-refractivity contribution in [3.8, 4) is 5.75 Å². The van der Waals surface area contributed by atoms with Gasteiger partial charge < -0.3 is 14.6 Å². The lowest BCUT2D eigenvalue weighted by atomic mass is 10.2. The number of unbranched alkanes of at least 4 members (excludes halogenated alkanes) is 1.